The average Bonchev–Trinajstić information content (AvgIpc) is 2.96. The van der Waals surface area contributed by atoms with Gasteiger partial charge in [0.15, 0.2) is 5.82 Å². The van der Waals surface area contributed by atoms with Gasteiger partial charge < -0.3 is 10.6 Å². The number of para-hydroxylation sites is 1. The number of anilines is 2. The summed E-state index contributed by atoms with van der Waals surface area (Å²) >= 11 is 0. The first kappa shape index (κ1) is 14.9. The van der Waals surface area contributed by atoms with Crippen molar-refractivity contribution in [2.75, 3.05) is 11.9 Å². The summed E-state index contributed by atoms with van der Waals surface area (Å²) in [5, 5.41) is 11.6. The molecular weight excluding hydrogens is 303 g/mol. The van der Waals surface area contributed by atoms with E-state index in [1.165, 1.54) is 23.4 Å². The fourth-order valence-electron chi connectivity index (χ4n) is 3.07. The molecule has 0 atom stereocenters. The molecule has 0 saturated heterocycles. The maximum absolute atomic E-state index is 13.1. The Hall–Kier alpha value is -2.66. The van der Waals surface area contributed by atoms with Gasteiger partial charge in [0.1, 0.15) is 5.82 Å². The van der Waals surface area contributed by atoms with Crippen molar-refractivity contribution in [2.45, 2.75) is 19.5 Å². The van der Waals surface area contributed by atoms with Crippen LogP contribution in [0.2, 0.25) is 0 Å². The fraction of sp³-hybridized carbons (Fsp3) is 0.211. The van der Waals surface area contributed by atoms with Gasteiger partial charge in [-0.15, -0.1) is 0 Å². The number of aromatic nitrogens is 2. The summed E-state index contributed by atoms with van der Waals surface area (Å²) in [7, 11) is 0. The Morgan fingerprint density at radius 1 is 1.08 bits per heavy atom. The molecule has 0 aliphatic carbocycles. The Labute approximate surface area is 140 Å². The van der Waals surface area contributed by atoms with Crippen LogP contribution in [0.5, 0.6) is 0 Å². The quantitative estimate of drug-likeness (QED) is 0.773. The number of nitrogens with one attached hydrogen (secondary N) is 2. The third kappa shape index (κ3) is 3.03. The van der Waals surface area contributed by atoms with Gasteiger partial charge >= 0.3 is 0 Å². The molecule has 1 aliphatic rings. The lowest BCUT2D eigenvalue weighted by Crippen LogP contribution is -2.25. The van der Waals surface area contributed by atoms with Crippen LogP contribution in [0.25, 0.3) is 0 Å². The van der Waals surface area contributed by atoms with Crippen molar-refractivity contribution in [3.05, 3.63) is 77.2 Å². The van der Waals surface area contributed by atoms with E-state index in [4.69, 9.17) is 5.10 Å². The smallest absolute Gasteiger partial charge is 0.157 e. The van der Waals surface area contributed by atoms with Crippen LogP contribution in [-0.2, 0) is 19.5 Å². The van der Waals surface area contributed by atoms with Gasteiger partial charge in [0.05, 0.1) is 6.54 Å². The molecule has 0 spiro atoms. The molecule has 2 aromatic carbocycles. The van der Waals surface area contributed by atoms with Gasteiger partial charge in [-0.25, -0.2) is 4.39 Å². The maximum atomic E-state index is 13.1. The number of fused-ring (bicyclic) bond motifs is 1. The summed E-state index contributed by atoms with van der Waals surface area (Å²) < 4.78 is 15.1. The first-order valence-corrected chi connectivity index (χ1v) is 8.15. The monoisotopic (exact) mass is 322 g/mol. The lowest BCUT2D eigenvalue weighted by atomic mass is 10.1. The van der Waals surface area contributed by atoms with Crippen molar-refractivity contribution in [1.82, 2.24) is 15.1 Å². The van der Waals surface area contributed by atoms with Crippen molar-refractivity contribution < 1.29 is 4.39 Å². The second-order valence-electron chi connectivity index (χ2n) is 5.98. The summed E-state index contributed by atoms with van der Waals surface area (Å²) in [4.78, 5) is 0. The minimum atomic E-state index is -0.211. The van der Waals surface area contributed by atoms with Gasteiger partial charge in [-0.3, -0.25) is 4.68 Å². The van der Waals surface area contributed by atoms with Crippen molar-refractivity contribution in [1.29, 1.82) is 0 Å². The third-order valence-corrected chi connectivity index (χ3v) is 4.29. The van der Waals surface area contributed by atoms with Crippen LogP contribution in [0.4, 0.5) is 15.9 Å². The first-order chi connectivity index (χ1) is 11.8. The van der Waals surface area contributed by atoms with Gasteiger partial charge in [-0.1, -0.05) is 30.3 Å². The molecule has 24 heavy (non-hydrogen) atoms. The highest BCUT2D eigenvalue weighted by Gasteiger charge is 2.20. The van der Waals surface area contributed by atoms with Gasteiger partial charge in [0.2, 0.25) is 0 Å². The molecule has 5 heteroatoms. The Kier molecular flexibility index (Phi) is 4.01. The zero-order valence-electron chi connectivity index (χ0n) is 13.3. The van der Waals surface area contributed by atoms with Gasteiger partial charge in [-0.2, -0.15) is 5.10 Å². The molecule has 0 amide bonds. The van der Waals surface area contributed by atoms with Gasteiger partial charge in [0.25, 0.3) is 0 Å². The molecule has 0 bridgehead atoms. The van der Waals surface area contributed by atoms with Crippen molar-refractivity contribution in [3.8, 4) is 0 Å². The predicted molar refractivity (Wildman–Crippen MR) is 92.9 cm³/mol. The van der Waals surface area contributed by atoms with Crippen LogP contribution in [0, 0.1) is 5.82 Å². The highest BCUT2D eigenvalue weighted by molar-refractivity contribution is 5.60. The third-order valence-electron chi connectivity index (χ3n) is 4.29. The van der Waals surface area contributed by atoms with Crippen LogP contribution < -0.4 is 10.6 Å². The number of benzene rings is 2. The largest absolute Gasteiger partial charge is 0.338 e. The molecule has 0 unspecified atom stereocenters. The van der Waals surface area contributed by atoms with Crippen molar-refractivity contribution >= 4 is 11.5 Å². The predicted octanol–water partition coefficient (Wildman–Crippen LogP) is 3.46. The Balaban J connectivity index is 1.65. The van der Waals surface area contributed by atoms with Crippen molar-refractivity contribution in [2.24, 2.45) is 0 Å². The normalized spacial score (nSPS) is 13.5. The van der Waals surface area contributed by atoms with Crippen LogP contribution in [-0.4, -0.2) is 16.3 Å². The molecule has 4 rings (SSSR count). The highest BCUT2D eigenvalue weighted by atomic mass is 19.1. The molecule has 3 aromatic rings. The number of hydrogen-bond acceptors (Lipinski definition) is 3. The molecule has 2 heterocycles. The molecule has 1 aromatic heterocycles. The average molecular weight is 322 g/mol. The SMILES string of the molecule is Fc1ccc(Cn2nc(Nc3ccccc3)c3c2CCNC3)cc1. The van der Waals surface area contributed by atoms with Gasteiger partial charge in [0, 0.05) is 36.5 Å². The Morgan fingerprint density at radius 2 is 1.88 bits per heavy atom. The van der Waals surface area contributed by atoms with E-state index in [1.54, 1.807) is 0 Å². The Bertz CT molecular complexity index is 825. The second-order valence-corrected chi connectivity index (χ2v) is 5.98. The van der Waals surface area contributed by atoms with Gasteiger partial charge in [-0.05, 0) is 29.8 Å². The van der Waals surface area contributed by atoms with E-state index >= 15 is 0 Å². The lowest BCUT2D eigenvalue weighted by Gasteiger charge is -2.16. The number of rotatable bonds is 4. The van der Waals surface area contributed by atoms with E-state index in [0.717, 1.165) is 36.6 Å². The summed E-state index contributed by atoms with van der Waals surface area (Å²) in [6.07, 6.45) is 0.944. The zero-order chi connectivity index (χ0) is 16.4. The summed E-state index contributed by atoms with van der Waals surface area (Å²) in [5.74, 6) is 0.683. The highest BCUT2D eigenvalue weighted by Crippen LogP contribution is 2.26. The first-order valence-electron chi connectivity index (χ1n) is 8.15. The topological polar surface area (TPSA) is 41.9 Å². The molecule has 0 fully saturated rings. The number of halogens is 1. The van der Waals surface area contributed by atoms with Crippen LogP contribution in [0.1, 0.15) is 16.8 Å². The fourth-order valence-corrected chi connectivity index (χ4v) is 3.07. The summed E-state index contributed by atoms with van der Waals surface area (Å²) in [6.45, 7) is 2.42. The van der Waals surface area contributed by atoms with E-state index in [-0.39, 0.29) is 5.82 Å². The van der Waals surface area contributed by atoms with E-state index in [9.17, 15) is 4.39 Å². The molecule has 1 aliphatic heterocycles. The van der Waals surface area contributed by atoms with Crippen LogP contribution in [0.3, 0.4) is 0 Å². The van der Waals surface area contributed by atoms with E-state index in [1.807, 2.05) is 47.1 Å². The summed E-state index contributed by atoms with van der Waals surface area (Å²) in [6, 6.07) is 16.7. The van der Waals surface area contributed by atoms with E-state index < -0.39 is 0 Å². The second kappa shape index (κ2) is 6.45. The summed E-state index contributed by atoms with van der Waals surface area (Å²) in [5.41, 5.74) is 4.53. The molecule has 2 N–H and O–H groups in total. The number of nitrogens with zero attached hydrogens (tertiary/aromatic N) is 2. The van der Waals surface area contributed by atoms with E-state index in [2.05, 4.69) is 10.6 Å². The van der Waals surface area contributed by atoms with Crippen molar-refractivity contribution in [3.63, 3.8) is 0 Å². The zero-order valence-corrected chi connectivity index (χ0v) is 13.3. The van der Waals surface area contributed by atoms with Crippen LogP contribution in [0.15, 0.2) is 54.6 Å². The standard InChI is InChI=1S/C19H19FN4/c20-15-8-6-14(7-9-15)13-24-18-10-11-21-12-17(18)19(23-24)22-16-4-2-1-3-5-16/h1-9,21H,10-13H2,(H,22,23). The minimum absolute atomic E-state index is 0.211. The van der Waals surface area contributed by atoms with Crippen LogP contribution >= 0.6 is 0 Å². The molecule has 0 radical (unpaired) electrons. The lowest BCUT2D eigenvalue weighted by molar-refractivity contribution is 0.581. The maximum Gasteiger partial charge on any atom is 0.157 e. The molecule has 0 saturated carbocycles. The minimum Gasteiger partial charge on any atom is -0.338 e. The Morgan fingerprint density at radius 3 is 2.67 bits per heavy atom. The number of hydrogen-bond donors (Lipinski definition) is 2. The van der Waals surface area contributed by atoms with E-state index in [0.29, 0.717) is 6.54 Å². The molecule has 4 nitrogen and oxygen atoms in total. The molecular formula is C19H19FN4. The molecule has 122 valence electrons.